The van der Waals surface area contributed by atoms with Gasteiger partial charge in [0.25, 0.3) is 0 Å². The molecule has 104 valence electrons. The van der Waals surface area contributed by atoms with E-state index in [0.717, 1.165) is 11.1 Å². The van der Waals surface area contributed by atoms with Crippen LogP contribution in [0.5, 0.6) is 0 Å². The van der Waals surface area contributed by atoms with E-state index in [1.54, 1.807) is 7.11 Å². The molecule has 1 rings (SSSR count). The molecule has 1 unspecified atom stereocenters. The normalized spacial score (nSPS) is 11.9. The second kappa shape index (κ2) is 7.50. The molecule has 0 spiro atoms. The number of nitrogens with two attached hydrogens (primary N) is 2. The van der Waals surface area contributed by atoms with E-state index in [0.29, 0.717) is 13.2 Å². The first kappa shape index (κ1) is 15.1. The Hall–Kier alpha value is -1.92. The predicted molar refractivity (Wildman–Crippen MR) is 70.8 cm³/mol. The molecule has 0 aliphatic rings. The van der Waals surface area contributed by atoms with Crippen LogP contribution in [-0.2, 0) is 27.5 Å². The van der Waals surface area contributed by atoms with Crippen LogP contribution in [0.2, 0.25) is 0 Å². The highest BCUT2D eigenvalue weighted by Crippen LogP contribution is 2.06. The number of nitrogens with one attached hydrogen (secondary N) is 1. The largest absolute Gasteiger partial charge is 0.380 e. The van der Waals surface area contributed by atoms with Gasteiger partial charge < -0.3 is 21.5 Å². The summed E-state index contributed by atoms with van der Waals surface area (Å²) in [6, 6.07) is 6.74. The first-order chi connectivity index (χ1) is 9.02. The monoisotopic (exact) mass is 265 g/mol. The van der Waals surface area contributed by atoms with Gasteiger partial charge in [0.15, 0.2) is 0 Å². The van der Waals surface area contributed by atoms with E-state index in [-0.39, 0.29) is 6.42 Å². The lowest BCUT2D eigenvalue weighted by Gasteiger charge is -2.11. The summed E-state index contributed by atoms with van der Waals surface area (Å²) >= 11 is 0. The summed E-state index contributed by atoms with van der Waals surface area (Å²) in [5.41, 5.74) is 12.5. The number of rotatable bonds is 7. The van der Waals surface area contributed by atoms with E-state index in [9.17, 15) is 9.59 Å². The molecule has 0 saturated carbocycles. The van der Waals surface area contributed by atoms with E-state index in [2.05, 4.69) is 5.32 Å². The van der Waals surface area contributed by atoms with E-state index in [1.165, 1.54) is 0 Å². The van der Waals surface area contributed by atoms with Gasteiger partial charge in [0, 0.05) is 13.7 Å². The fraction of sp³-hybridized carbons (Fsp3) is 0.385. The maximum absolute atomic E-state index is 11.6. The van der Waals surface area contributed by atoms with Crippen molar-refractivity contribution in [2.45, 2.75) is 25.6 Å². The number of benzene rings is 1. The molecule has 6 heteroatoms. The minimum Gasteiger partial charge on any atom is -0.380 e. The van der Waals surface area contributed by atoms with Crippen molar-refractivity contribution in [2.24, 2.45) is 11.5 Å². The minimum absolute atomic E-state index is 0.157. The summed E-state index contributed by atoms with van der Waals surface area (Å²) in [5, 5.41) is 2.66. The minimum atomic E-state index is -0.903. The van der Waals surface area contributed by atoms with Gasteiger partial charge in [-0.3, -0.25) is 9.59 Å². The Morgan fingerprint density at radius 2 is 2.05 bits per heavy atom. The van der Waals surface area contributed by atoms with Crippen LogP contribution in [0.25, 0.3) is 0 Å². The molecule has 19 heavy (non-hydrogen) atoms. The molecule has 2 amide bonds. The third-order valence-corrected chi connectivity index (χ3v) is 2.53. The molecule has 1 aromatic carbocycles. The second-order valence-electron chi connectivity index (χ2n) is 4.25. The molecule has 0 aromatic heterocycles. The third-order valence-electron chi connectivity index (χ3n) is 2.53. The molecule has 0 aliphatic heterocycles. The third kappa shape index (κ3) is 5.50. The average molecular weight is 265 g/mol. The van der Waals surface area contributed by atoms with Gasteiger partial charge in [-0.05, 0) is 11.1 Å². The van der Waals surface area contributed by atoms with Gasteiger partial charge in [-0.2, -0.15) is 0 Å². The second-order valence-corrected chi connectivity index (χ2v) is 4.25. The first-order valence-corrected chi connectivity index (χ1v) is 5.91. The Morgan fingerprint density at radius 1 is 1.37 bits per heavy atom. The van der Waals surface area contributed by atoms with E-state index in [1.807, 2.05) is 24.3 Å². The molecule has 0 radical (unpaired) electrons. The van der Waals surface area contributed by atoms with Crippen molar-refractivity contribution in [3.05, 3.63) is 35.4 Å². The van der Waals surface area contributed by atoms with Crippen molar-refractivity contribution >= 4 is 11.8 Å². The summed E-state index contributed by atoms with van der Waals surface area (Å²) in [4.78, 5) is 22.2. The predicted octanol–water partition coefficient (Wildman–Crippen LogP) is -0.348. The number of primary amides is 1. The Morgan fingerprint density at radius 3 is 2.68 bits per heavy atom. The van der Waals surface area contributed by atoms with Crippen molar-refractivity contribution in [1.82, 2.24) is 5.32 Å². The van der Waals surface area contributed by atoms with Crippen LogP contribution in [0, 0.1) is 0 Å². The van der Waals surface area contributed by atoms with Gasteiger partial charge in [-0.15, -0.1) is 0 Å². The molecular formula is C13H19N3O3. The number of carbonyl (C=O) groups is 2. The van der Waals surface area contributed by atoms with Crippen LogP contribution in [0.4, 0.5) is 0 Å². The average Bonchev–Trinajstić information content (AvgIpc) is 2.36. The number of hydrogen-bond acceptors (Lipinski definition) is 4. The van der Waals surface area contributed by atoms with Crippen LogP contribution in [0.1, 0.15) is 17.5 Å². The number of methoxy groups -OCH3 is 1. The van der Waals surface area contributed by atoms with Gasteiger partial charge in [-0.1, -0.05) is 24.3 Å². The quantitative estimate of drug-likeness (QED) is 0.626. The molecule has 0 heterocycles. The molecule has 6 nitrogen and oxygen atoms in total. The van der Waals surface area contributed by atoms with Crippen LogP contribution in [-0.4, -0.2) is 25.0 Å². The molecule has 5 N–H and O–H groups in total. The highest BCUT2D eigenvalue weighted by atomic mass is 16.5. The number of ether oxygens (including phenoxy) is 1. The summed E-state index contributed by atoms with van der Waals surface area (Å²) < 4.78 is 5.03. The Kier molecular flexibility index (Phi) is 5.98. The van der Waals surface area contributed by atoms with Crippen molar-refractivity contribution in [3.63, 3.8) is 0 Å². The molecular weight excluding hydrogens is 246 g/mol. The van der Waals surface area contributed by atoms with Crippen LogP contribution in [0.15, 0.2) is 24.3 Å². The Bertz CT molecular complexity index is 449. The highest BCUT2D eigenvalue weighted by molar-refractivity contribution is 5.87. The summed E-state index contributed by atoms with van der Waals surface area (Å²) in [5.74, 6) is -0.985. The van der Waals surface area contributed by atoms with Crippen molar-refractivity contribution < 1.29 is 14.3 Å². The van der Waals surface area contributed by atoms with Gasteiger partial charge in [-0.25, -0.2) is 0 Å². The Balaban J connectivity index is 2.49. The zero-order valence-electron chi connectivity index (χ0n) is 10.9. The molecule has 0 aliphatic carbocycles. The van der Waals surface area contributed by atoms with Gasteiger partial charge >= 0.3 is 0 Å². The van der Waals surface area contributed by atoms with Crippen LogP contribution < -0.4 is 16.8 Å². The maximum atomic E-state index is 11.6. The van der Waals surface area contributed by atoms with Gasteiger partial charge in [0.1, 0.15) is 0 Å². The summed E-state index contributed by atoms with van der Waals surface area (Å²) in [6.45, 7) is 0.867. The van der Waals surface area contributed by atoms with Gasteiger partial charge in [0.2, 0.25) is 11.8 Å². The zero-order chi connectivity index (χ0) is 14.3. The van der Waals surface area contributed by atoms with E-state index >= 15 is 0 Å². The molecule has 1 aromatic rings. The number of hydrogen-bond donors (Lipinski definition) is 3. The summed E-state index contributed by atoms with van der Waals surface area (Å²) in [6.07, 6.45) is -0.157. The lowest BCUT2D eigenvalue weighted by molar-refractivity contribution is -0.126. The van der Waals surface area contributed by atoms with Gasteiger partial charge in [0.05, 0.1) is 19.1 Å². The van der Waals surface area contributed by atoms with Crippen molar-refractivity contribution in [1.29, 1.82) is 0 Å². The molecule has 0 fully saturated rings. The molecule has 0 bridgehead atoms. The van der Waals surface area contributed by atoms with Crippen molar-refractivity contribution in [3.8, 4) is 0 Å². The summed E-state index contributed by atoms with van der Waals surface area (Å²) in [7, 11) is 1.62. The fourth-order valence-electron chi connectivity index (χ4n) is 1.63. The van der Waals surface area contributed by atoms with Crippen LogP contribution >= 0.6 is 0 Å². The number of carbonyl (C=O) groups excluding carboxylic acids is 2. The highest BCUT2D eigenvalue weighted by Gasteiger charge is 2.15. The standard InChI is InChI=1S/C13H19N3O3/c1-19-8-10-4-2-3-9(5-10)7-16-13(18)11(14)6-12(15)17/h2-5,11H,6-8,14H2,1H3,(H2,15,17)(H,16,18). The van der Waals surface area contributed by atoms with Crippen molar-refractivity contribution in [2.75, 3.05) is 7.11 Å². The molecule has 0 saturated heterocycles. The van der Waals surface area contributed by atoms with E-state index < -0.39 is 17.9 Å². The molecule has 1 atom stereocenters. The lowest BCUT2D eigenvalue weighted by atomic mass is 10.1. The Labute approximate surface area is 112 Å². The lowest BCUT2D eigenvalue weighted by Crippen LogP contribution is -2.42. The topological polar surface area (TPSA) is 107 Å². The smallest absolute Gasteiger partial charge is 0.237 e. The maximum Gasteiger partial charge on any atom is 0.237 e. The number of amides is 2. The fourth-order valence-corrected chi connectivity index (χ4v) is 1.63. The first-order valence-electron chi connectivity index (χ1n) is 5.91. The SMILES string of the molecule is COCc1cccc(CNC(=O)C(N)CC(N)=O)c1. The zero-order valence-corrected chi connectivity index (χ0v) is 10.9. The van der Waals surface area contributed by atoms with Crippen LogP contribution in [0.3, 0.4) is 0 Å². The van der Waals surface area contributed by atoms with E-state index in [4.69, 9.17) is 16.2 Å².